The van der Waals surface area contributed by atoms with Crippen LogP contribution in [-0.2, 0) is 19.5 Å². The third-order valence-electron chi connectivity index (χ3n) is 4.41. The molecule has 0 aromatic carbocycles. The van der Waals surface area contributed by atoms with Gasteiger partial charge in [0.1, 0.15) is 12.4 Å². The van der Waals surface area contributed by atoms with E-state index in [-0.39, 0.29) is 24.0 Å². The highest BCUT2D eigenvalue weighted by Gasteiger charge is 2.13. The maximum atomic E-state index is 5.94. The highest BCUT2D eigenvalue weighted by atomic mass is 127. The lowest BCUT2D eigenvalue weighted by molar-refractivity contribution is 0.599. The minimum absolute atomic E-state index is 0. The molecule has 1 aliphatic rings. The van der Waals surface area contributed by atoms with Gasteiger partial charge in [0.15, 0.2) is 11.8 Å². The highest BCUT2D eigenvalue weighted by Crippen LogP contribution is 2.14. The number of unbranched alkanes of at least 4 members (excludes halogenated alkanes) is 5. The summed E-state index contributed by atoms with van der Waals surface area (Å²) in [7, 11) is 0. The Morgan fingerprint density at radius 3 is 2.75 bits per heavy atom. The van der Waals surface area contributed by atoms with E-state index in [0.717, 1.165) is 37.6 Å². The van der Waals surface area contributed by atoms with Gasteiger partial charge in [-0.15, -0.1) is 34.2 Å². The van der Waals surface area contributed by atoms with Crippen molar-refractivity contribution in [1.29, 1.82) is 0 Å². The van der Waals surface area contributed by atoms with Crippen molar-refractivity contribution in [3.8, 4) is 0 Å². The van der Waals surface area contributed by atoms with E-state index in [9.17, 15) is 0 Å². The van der Waals surface area contributed by atoms with Crippen molar-refractivity contribution in [2.24, 2.45) is 10.7 Å². The van der Waals surface area contributed by atoms with Crippen LogP contribution in [0, 0.1) is 0 Å². The fourth-order valence-electron chi connectivity index (χ4n) is 3.00. The third-order valence-corrected chi connectivity index (χ3v) is 4.41. The number of fused-ring (bicyclic) bond motifs is 1. The molecule has 6 nitrogen and oxygen atoms in total. The molecular formula is C17H33IN6. The summed E-state index contributed by atoms with van der Waals surface area (Å²) in [6.07, 6.45) is 12.4. The standard InChI is InChI=1S/C17H32N6.HI/c1-2-3-4-5-6-9-12-19-17(18)20-14-16-22-21-15-11-8-7-10-13-23(15)16;/h2-14H2,1H3,(H3,18,19,20);1H. The van der Waals surface area contributed by atoms with Crippen LogP contribution in [0.5, 0.6) is 0 Å². The first-order valence-electron chi connectivity index (χ1n) is 9.26. The molecular weight excluding hydrogens is 415 g/mol. The smallest absolute Gasteiger partial charge is 0.189 e. The van der Waals surface area contributed by atoms with Gasteiger partial charge in [-0.3, -0.25) is 0 Å². The molecule has 0 aliphatic carbocycles. The second-order valence-electron chi connectivity index (χ2n) is 6.39. The number of hydrogen-bond acceptors (Lipinski definition) is 3. The molecule has 1 aromatic rings. The fourth-order valence-corrected chi connectivity index (χ4v) is 3.00. The number of nitrogens with zero attached hydrogens (tertiary/aromatic N) is 4. The maximum absolute atomic E-state index is 5.94. The van der Waals surface area contributed by atoms with E-state index in [1.165, 1.54) is 51.4 Å². The molecule has 2 heterocycles. The van der Waals surface area contributed by atoms with Crippen LogP contribution in [-0.4, -0.2) is 27.3 Å². The van der Waals surface area contributed by atoms with Gasteiger partial charge in [-0.05, 0) is 19.3 Å². The number of nitrogens with two attached hydrogens (primary N) is 1. The minimum atomic E-state index is 0. The fraction of sp³-hybridized carbons (Fsp3) is 0.824. The molecule has 0 unspecified atom stereocenters. The molecule has 0 radical (unpaired) electrons. The molecule has 0 bridgehead atoms. The summed E-state index contributed by atoms with van der Waals surface area (Å²) in [6, 6.07) is 0. The van der Waals surface area contributed by atoms with Crippen molar-refractivity contribution in [2.75, 3.05) is 6.54 Å². The van der Waals surface area contributed by atoms with Crippen LogP contribution in [0.25, 0.3) is 0 Å². The average molecular weight is 448 g/mol. The first-order valence-corrected chi connectivity index (χ1v) is 9.26. The van der Waals surface area contributed by atoms with Crippen LogP contribution in [0.3, 0.4) is 0 Å². The van der Waals surface area contributed by atoms with Gasteiger partial charge in [0, 0.05) is 19.5 Å². The van der Waals surface area contributed by atoms with E-state index in [4.69, 9.17) is 5.73 Å². The van der Waals surface area contributed by atoms with Crippen molar-refractivity contribution in [3.63, 3.8) is 0 Å². The Hall–Kier alpha value is -0.860. The monoisotopic (exact) mass is 448 g/mol. The molecule has 1 aliphatic heterocycles. The van der Waals surface area contributed by atoms with Crippen molar-refractivity contribution in [2.45, 2.75) is 84.2 Å². The van der Waals surface area contributed by atoms with E-state index in [1.807, 2.05) is 0 Å². The second kappa shape index (κ2) is 12.5. The summed E-state index contributed by atoms with van der Waals surface area (Å²) in [5, 5.41) is 11.8. The van der Waals surface area contributed by atoms with Crippen LogP contribution >= 0.6 is 24.0 Å². The lowest BCUT2D eigenvalue weighted by atomic mass is 10.1. The Labute approximate surface area is 163 Å². The van der Waals surface area contributed by atoms with Crippen LogP contribution in [0.2, 0.25) is 0 Å². The predicted molar refractivity (Wildman–Crippen MR) is 110 cm³/mol. The molecule has 0 spiro atoms. The number of guanidine groups is 1. The topological polar surface area (TPSA) is 81.1 Å². The van der Waals surface area contributed by atoms with Gasteiger partial charge < -0.3 is 15.6 Å². The number of halogens is 1. The van der Waals surface area contributed by atoms with Gasteiger partial charge in [0.25, 0.3) is 0 Å². The highest BCUT2D eigenvalue weighted by molar-refractivity contribution is 14.0. The zero-order chi connectivity index (χ0) is 16.3. The zero-order valence-corrected chi connectivity index (χ0v) is 17.3. The number of aryl methyl sites for hydroxylation is 1. The molecule has 2 rings (SSSR count). The summed E-state index contributed by atoms with van der Waals surface area (Å²) in [4.78, 5) is 4.41. The van der Waals surface area contributed by atoms with E-state index < -0.39 is 0 Å². The van der Waals surface area contributed by atoms with Crippen LogP contribution in [0.15, 0.2) is 4.99 Å². The second-order valence-corrected chi connectivity index (χ2v) is 6.39. The van der Waals surface area contributed by atoms with Crippen molar-refractivity contribution in [3.05, 3.63) is 11.6 Å². The molecule has 0 saturated carbocycles. The molecule has 138 valence electrons. The van der Waals surface area contributed by atoms with Gasteiger partial charge in [-0.2, -0.15) is 0 Å². The molecule has 0 amide bonds. The lowest BCUT2D eigenvalue weighted by Gasteiger charge is -2.07. The molecule has 1 aromatic heterocycles. The van der Waals surface area contributed by atoms with Gasteiger partial charge in [-0.1, -0.05) is 45.4 Å². The van der Waals surface area contributed by atoms with Gasteiger partial charge in [-0.25, -0.2) is 4.99 Å². The predicted octanol–water partition coefficient (Wildman–Crippen LogP) is 3.39. The van der Waals surface area contributed by atoms with Gasteiger partial charge >= 0.3 is 0 Å². The number of aliphatic imine (C=N–C) groups is 1. The first kappa shape index (κ1) is 21.2. The van der Waals surface area contributed by atoms with Crippen LogP contribution < -0.4 is 11.1 Å². The van der Waals surface area contributed by atoms with Crippen molar-refractivity contribution >= 4 is 29.9 Å². The van der Waals surface area contributed by atoms with Crippen molar-refractivity contribution in [1.82, 2.24) is 20.1 Å². The molecule has 0 saturated heterocycles. The Kier molecular flexibility index (Phi) is 11.0. The number of aromatic nitrogens is 3. The van der Waals surface area contributed by atoms with Crippen molar-refractivity contribution < 1.29 is 0 Å². The largest absolute Gasteiger partial charge is 0.370 e. The lowest BCUT2D eigenvalue weighted by Crippen LogP contribution is -2.32. The summed E-state index contributed by atoms with van der Waals surface area (Å²) in [6.45, 7) is 4.67. The molecule has 3 N–H and O–H groups in total. The molecule has 0 fully saturated rings. The summed E-state index contributed by atoms with van der Waals surface area (Å²) in [5.41, 5.74) is 5.94. The first-order chi connectivity index (χ1) is 11.3. The third kappa shape index (κ3) is 7.36. The van der Waals surface area contributed by atoms with Crippen LogP contribution in [0.1, 0.15) is 76.4 Å². The molecule has 0 atom stereocenters. The van der Waals surface area contributed by atoms with E-state index in [0.29, 0.717) is 12.5 Å². The number of rotatable bonds is 9. The summed E-state index contributed by atoms with van der Waals surface area (Å²) < 4.78 is 2.22. The minimum Gasteiger partial charge on any atom is -0.370 e. The summed E-state index contributed by atoms with van der Waals surface area (Å²) >= 11 is 0. The summed E-state index contributed by atoms with van der Waals surface area (Å²) in [5.74, 6) is 2.56. The van der Waals surface area contributed by atoms with Gasteiger partial charge in [0.05, 0.1) is 0 Å². The van der Waals surface area contributed by atoms with Gasteiger partial charge in [0.2, 0.25) is 0 Å². The zero-order valence-electron chi connectivity index (χ0n) is 15.0. The number of nitrogens with one attached hydrogen (secondary N) is 1. The molecule has 24 heavy (non-hydrogen) atoms. The SMILES string of the molecule is CCCCCCCCNC(N)=NCc1nnc2n1CCCCC2.I. The average Bonchev–Trinajstić information content (AvgIpc) is 2.78. The Morgan fingerprint density at radius 1 is 1.12 bits per heavy atom. The van der Waals surface area contributed by atoms with E-state index in [2.05, 4.69) is 32.0 Å². The van der Waals surface area contributed by atoms with Crippen LogP contribution in [0.4, 0.5) is 0 Å². The normalized spacial score (nSPS) is 14.6. The molecule has 7 heteroatoms. The quantitative estimate of drug-likeness (QED) is 0.263. The Balaban J connectivity index is 0.00000288. The maximum Gasteiger partial charge on any atom is 0.189 e. The van der Waals surface area contributed by atoms with E-state index >= 15 is 0 Å². The number of hydrogen-bond donors (Lipinski definition) is 2. The van der Waals surface area contributed by atoms with E-state index in [1.54, 1.807) is 0 Å². The Morgan fingerprint density at radius 2 is 1.92 bits per heavy atom. The Bertz CT molecular complexity index is 485.